The van der Waals surface area contributed by atoms with Crippen LogP contribution in [0.15, 0.2) is 23.2 Å². The summed E-state index contributed by atoms with van der Waals surface area (Å²) in [6, 6.07) is 6.04. The molecular weight excluding hydrogens is 402 g/mol. The van der Waals surface area contributed by atoms with E-state index in [-0.39, 0.29) is 12.3 Å². The minimum atomic E-state index is -2.89. The van der Waals surface area contributed by atoms with Gasteiger partial charge in [-0.1, -0.05) is 19.3 Å². The maximum atomic E-state index is 12.8. The molecule has 8 heteroatoms. The van der Waals surface area contributed by atoms with Crippen LogP contribution in [0.4, 0.5) is 8.78 Å². The number of guanidine groups is 1. The summed E-state index contributed by atoms with van der Waals surface area (Å²) in [7, 11) is 1.49. The summed E-state index contributed by atoms with van der Waals surface area (Å²) in [4.78, 5) is 7.28. The van der Waals surface area contributed by atoms with Crippen molar-refractivity contribution in [3.63, 3.8) is 0 Å². The Hall–Kier alpha value is -2.09. The molecule has 1 saturated heterocycles. The Kier molecular flexibility index (Phi) is 9.18. The number of alkyl halides is 2. The molecule has 2 fully saturated rings. The second kappa shape index (κ2) is 12.1. The van der Waals surface area contributed by atoms with E-state index in [9.17, 15) is 8.78 Å². The first-order valence-electron chi connectivity index (χ1n) is 11.5. The number of likely N-dealkylation sites (tertiary alicyclic amines) is 1. The van der Waals surface area contributed by atoms with Gasteiger partial charge in [-0.3, -0.25) is 0 Å². The van der Waals surface area contributed by atoms with Crippen molar-refractivity contribution in [1.82, 2.24) is 15.5 Å². The van der Waals surface area contributed by atoms with E-state index >= 15 is 0 Å². The third-order valence-corrected chi connectivity index (χ3v) is 6.20. The molecule has 0 amide bonds. The Labute approximate surface area is 184 Å². The number of rotatable bonds is 8. The highest BCUT2D eigenvalue weighted by Crippen LogP contribution is 2.27. The van der Waals surface area contributed by atoms with Crippen LogP contribution in [0, 0.1) is 0 Å². The van der Waals surface area contributed by atoms with Crippen LogP contribution in [-0.4, -0.2) is 56.3 Å². The van der Waals surface area contributed by atoms with Crippen molar-refractivity contribution in [1.29, 1.82) is 0 Å². The molecule has 0 aromatic heterocycles. The van der Waals surface area contributed by atoms with E-state index in [1.165, 1.54) is 45.3 Å². The molecule has 0 radical (unpaired) electrons. The fourth-order valence-electron chi connectivity index (χ4n) is 4.53. The van der Waals surface area contributed by atoms with E-state index in [0.717, 1.165) is 38.5 Å². The third kappa shape index (κ3) is 7.23. The van der Waals surface area contributed by atoms with E-state index in [0.29, 0.717) is 23.3 Å². The van der Waals surface area contributed by atoms with Crippen LogP contribution in [0.2, 0.25) is 0 Å². The van der Waals surface area contributed by atoms with Crippen LogP contribution in [0.5, 0.6) is 11.5 Å². The van der Waals surface area contributed by atoms with Gasteiger partial charge in [-0.15, -0.1) is 0 Å². The molecule has 1 aliphatic heterocycles. The molecule has 1 aromatic carbocycles. The van der Waals surface area contributed by atoms with Crippen molar-refractivity contribution >= 4 is 5.96 Å². The molecule has 1 heterocycles. The van der Waals surface area contributed by atoms with Gasteiger partial charge in [0.05, 0.1) is 13.7 Å². The molecule has 174 valence electrons. The largest absolute Gasteiger partial charge is 0.497 e. The van der Waals surface area contributed by atoms with Gasteiger partial charge in [0, 0.05) is 43.3 Å². The minimum Gasteiger partial charge on any atom is -0.497 e. The van der Waals surface area contributed by atoms with Gasteiger partial charge in [-0.25, -0.2) is 4.99 Å². The van der Waals surface area contributed by atoms with Gasteiger partial charge in [0.2, 0.25) is 0 Å². The molecule has 1 saturated carbocycles. The number of halogens is 2. The summed E-state index contributed by atoms with van der Waals surface area (Å²) < 4.78 is 35.4. The lowest BCUT2D eigenvalue weighted by Crippen LogP contribution is -2.50. The quantitative estimate of drug-likeness (QED) is 0.472. The first-order valence-corrected chi connectivity index (χ1v) is 11.5. The Morgan fingerprint density at radius 2 is 1.90 bits per heavy atom. The molecule has 31 heavy (non-hydrogen) atoms. The molecule has 3 rings (SSSR count). The minimum absolute atomic E-state index is 0.0924. The van der Waals surface area contributed by atoms with Gasteiger partial charge >= 0.3 is 6.61 Å². The summed E-state index contributed by atoms with van der Waals surface area (Å²) >= 11 is 0. The van der Waals surface area contributed by atoms with Gasteiger partial charge in [0.25, 0.3) is 0 Å². The highest BCUT2D eigenvalue weighted by molar-refractivity contribution is 5.80. The number of nitrogens with zero attached hydrogens (tertiary/aromatic N) is 2. The normalized spacial score (nSPS) is 19.5. The highest BCUT2D eigenvalue weighted by Gasteiger charge is 2.26. The number of methoxy groups -OCH3 is 1. The van der Waals surface area contributed by atoms with E-state index in [4.69, 9.17) is 4.74 Å². The van der Waals surface area contributed by atoms with Gasteiger partial charge in [-0.2, -0.15) is 8.78 Å². The Bertz CT molecular complexity index is 703. The second-order valence-corrected chi connectivity index (χ2v) is 8.29. The van der Waals surface area contributed by atoms with E-state index in [1.807, 2.05) is 6.92 Å². The van der Waals surface area contributed by atoms with Crippen molar-refractivity contribution < 1.29 is 18.3 Å². The fraction of sp³-hybridized carbons (Fsp3) is 0.696. The lowest BCUT2D eigenvalue weighted by atomic mass is 9.92. The smallest absolute Gasteiger partial charge is 0.387 e. The number of benzene rings is 1. The van der Waals surface area contributed by atoms with Gasteiger partial charge in [0.1, 0.15) is 11.5 Å². The summed E-state index contributed by atoms with van der Waals surface area (Å²) in [5, 5.41) is 6.80. The molecule has 0 spiro atoms. The number of aliphatic imine (C=N–C) groups is 1. The first-order chi connectivity index (χ1) is 15.1. The first kappa shape index (κ1) is 23.6. The van der Waals surface area contributed by atoms with Crippen LogP contribution in [-0.2, 0) is 6.54 Å². The SMILES string of the molecule is CCNC(=NCc1ccc(OC)cc1OC(F)F)NC1CCN(C2CCCCC2)CC1. The zero-order valence-corrected chi connectivity index (χ0v) is 18.7. The molecule has 2 N–H and O–H groups in total. The monoisotopic (exact) mass is 438 g/mol. The average Bonchev–Trinajstić information content (AvgIpc) is 2.79. The molecule has 1 aliphatic carbocycles. The van der Waals surface area contributed by atoms with Crippen molar-refractivity contribution in [3.8, 4) is 11.5 Å². The second-order valence-electron chi connectivity index (χ2n) is 8.29. The predicted octanol–water partition coefficient (Wildman–Crippen LogP) is 4.15. The van der Waals surface area contributed by atoms with Crippen LogP contribution < -0.4 is 20.1 Å². The molecule has 0 atom stereocenters. The van der Waals surface area contributed by atoms with E-state index in [1.54, 1.807) is 12.1 Å². The lowest BCUT2D eigenvalue weighted by molar-refractivity contribution is -0.0505. The summed E-state index contributed by atoms with van der Waals surface area (Å²) in [5.41, 5.74) is 0.588. The molecule has 0 bridgehead atoms. The van der Waals surface area contributed by atoms with Crippen molar-refractivity contribution in [2.24, 2.45) is 4.99 Å². The zero-order valence-electron chi connectivity index (χ0n) is 18.7. The Balaban J connectivity index is 1.58. The standard InChI is InChI=1S/C23H36F2N4O2/c1-3-26-23(27-16-17-9-10-20(30-2)15-21(17)31-22(24)25)28-18-11-13-29(14-12-18)19-7-5-4-6-8-19/h9-10,15,18-19,22H,3-8,11-14,16H2,1-2H3,(H2,26,27,28). The van der Waals surface area contributed by atoms with E-state index < -0.39 is 6.61 Å². The molecule has 1 aromatic rings. The molecule has 6 nitrogen and oxygen atoms in total. The maximum Gasteiger partial charge on any atom is 0.387 e. The Morgan fingerprint density at radius 3 is 2.55 bits per heavy atom. The van der Waals surface area contributed by atoms with E-state index in [2.05, 4.69) is 25.3 Å². The maximum absolute atomic E-state index is 12.8. The zero-order chi connectivity index (χ0) is 22.1. The van der Waals surface area contributed by atoms with Crippen molar-refractivity contribution in [3.05, 3.63) is 23.8 Å². The van der Waals surface area contributed by atoms with Crippen molar-refractivity contribution in [2.75, 3.05) is 26.7 Å². The van der Waals surface area contributed by atoms with Crippen LogP contribution in [0.3, 0.4) is 0 Å². The summed E-state index contributed by atoms with van der Waals surface area (Å²) in [5.74, 6) is 1.27. The number of hydrogen-bond acceptors (Lipinski definition) is 4. The van der Waals surface area contributed by atoms with Crippen molar-refractivity contribution in [2.45, 2.75) is 77.1 Å². The van der Waals surface area contributed by atoms with Gasteiger partial charge in [-0.05, 0) is 44.7 Å². The molecule has 0 unspecified atom stereocenters. The lowest BCUT2D eigenvalue weighted by Gasteiger charge is -2.39. The third-order valence-electron chi connectivity index (χ3n) is 6.20. The number of ether oxygens (including phenoxy) is 2. The predicted molar refractivity (Wildman–Crippen MR) is 119 cm³/mol. The van der Waals surface area contributed by atoms with Gasteiger partial charge in [0.15, 0.2) is 5.96 Å². The number of nitrogens with one attached hydrogen (secondary N) is 2. The Morgan fingerprint density at radius 1 is 1.16 bits per heavy atom. The van der Waals surface area contributed by atoms with Gasteiger partial charge < -0.3 is 25.0 Å². The number of piperidine rings is 1. The summed E-state index contributed by atoms with van der Waals surface area (Å²) in [6.45, 7) is 2.33. The van der Waals surface area contributed by atoms with Crippen LogP contribution in [0.25, 0.3) is 0 Å². The fourth-order valence-corrected chi connectivity index (χ4v) is 4.53. The topological polar surface area (TPSA) is 58.1 Å². The summed E-state index contributed by atoms with van der Waals surface area (Å²) in [6.07, 6.45) is 8.97. The highest BCUT2D eigenvalue weighted by atomic mass is 19.3. The molecule has 2 aliphatic rings. The molecular formula is C23H36F2N4O2. The number of hydrogen-bond donors (Lipinski definition) is 2. The average molecular weight is 439 g/mol. The van der Waals surface area contributed by atoms with Crippen LogP contribution >= 0.6 is 0 Å². The van der Waals surface area contributed by atoms with Crippen LogP contribution in [0.1, 0.15) is 57.4 Å².